The number of ketones is 1. The molecule has 0 spiro atoms. The van der Waals surface area contributed by atoms with Gasteiger partial charge in [-0.2, -0.15) is 5.26 Å². The highest BCUT2D eigenvalue weighted by atomic mass is 16.5. The van der Waals surface area contributed by atoms with Gasteiger partial charge >= 0.3 is 5.63 Å². The van der Waals surface area contributed by atoms with Crippen molar-refractivity contribution in [3.8, 4) is 22.9 Å². The first-order valence-electron chi connectivity index (χ1n) is 13.0. The molecule has 0 radical (unpaired) electrons. The number of nitriles is 1. The molecule has 198 valence electrons. The smallest absolute Gasteiger partial charge is 0.344 e. The molecule has 1 aliphatic heterocycles. The van der Waals surface area contributed by atoms with Crippen molar-refractivity contribution in [2.24, 2.45) is 5.73 Å². The van der Waals surface area contributed by atoms with E-state index in [4.69, 9.17) is 19.6 Å². The summed E-state index contributed by atoms with van der Waals surface area (Å²) in [7, 11) is 1.56. The van der Waals surface area contributed by atoms with Crippen LogP contribution in [0.3, 0.4) is 0 Å². The second-order valence-corrected chi connectivity index (χ2v) is 10.1. The lowest BCUT2D eigenvalue weighted by Crippen LogP contribution is -2.29. The van der Waals surface area contributed by atoms with E-state index in [0.29, 0.717) is 46.6 Å². The van der Waals surface area contributed by atoms with Crippen molar-refractivity contribution in [2.45, 2.75) is 31.6 Å². The summed E-state index contributed by atoms with van der Waals surface area (Å²) in [6.07, 6.45) is 0.836. The predicted molar refractivity (Wildman–Crippen MR) is 150 cm³/mol. The predicted octanol–water partition coefficient (Wildman–Crippen LogP) is 5.99. The second kappa shape index (κ2) is 9.90. The molecule has 0 saturated heterocycles. The first-order valence-corrected chi connectivity index (χ1v) is 13.0. The molecule has 1 aliphatic carbocycles. The van der Waals surface area contributed by atoms with Crippen LogP contribution in [0.1, 0.15) is 41.4 Å². The lowest BCUT2D eigenvalue weighted by Gasteiger charge is -2.34. The number of aryl methyl sites for hydroxylation is 1. The Kier molecular flexibility index (Phi) is 6.24. The average Bonchev–Trinajstić information content (AvgIpc) is 2.97. The second-order valence-electron chi connectivity index (χ2n) is 10.1. The maximum absolute atomic E-state index is 13.5. The number of hydrogen-bond donors (Lipinski definition) is 1. The van der Waals surface area contributed by atoms with Gasteiger partial charge < -0.3 is 19.6 Å². The Balaban J connectivity index is 1.40. The number of Topliss-reactive ketones (excluding diaryl/α,β-unsaturated/α-hetero) is 1. The zero-order valence-corrected chi connectivity index (χ0v) is 22.1. The van der Waals surface area contributed by atoms with Gasteiger partial charge in [0, 0.05) is 29.9 Å². The van der Waals surface area contributed by atoms with Crippen LogP contribution < -0.4 is 16.1 Å². The third kappa shape index (κ3) is 4.15. The minimum Gasteiger partial charge on any atom is -0.497 e. The third-order valence-electron chi connectivity index (χ3n) is 7.84. The molecule has 7 nitrogen and oxygen atoms in total. The summed E-state index contributed by atoms with van der Waals surface area (Å²) < 4.78 is 16.8. The van der Waals surface area contributed by atoms with Crippen molar-refractivity contribution < 1.29 is 18.7 Å². The summed E-state index contributed by atoms with van der Waals surface area (Å²) in [4.78, 5) is 26.6. The van der Waals surface area contributed by atoms with E-state index in [0.717, 1.165) is 22.1 Å². The molecule has 40 heavy (non-hydrogen) atoms. The fourth-order valence-corrected chi connectivity index (χ4v) is 5.84. The summed E-state index contributed by atoms with van der Waals surface area (Å²) in [6.45, 7) is 1.88. The van der Waals surface area contributed by atoms with Crippen molar-refractivity contribution in [1.82, 2.24) is 0 Å². The molecule has 2 unspecified atom stereocenters. The molecular formula is C33H26N2O5. The molecule has 3 aromatic carbocycles. The van der Waals surface area contributed by atoms with Crippen LogP contribution in [0, 0.1) is 18.3 Å². The fraction of sp³-hybridized carbons (Fsp3) is 0.182. The highest BCUT2D eigenvalue weighted by Crippen LogP contribution is 2.47. The molecule has 2 atom stereocenters. The molecule has 2 heterocycles. The largest absolute Gasteiger partial charge is 0.497 e. The van der Waals surface area contributed by atoms with Crippen molar-refractivity contribution in [2.75, 3.05) is 7.11 Å². The van der Waals surface area contributed by atoms with Gasteiger partial charge in [-0.25, -0.2) is 4.79 Å². The standard InChI is InChI=1S/C33H26N2O5/c1-18-24-13-12-23(38-2)16-27(24)40-33(37)29(18)20-8-10-21(11-9-20)30-25(17-34)32(35)39-28-15-22(14-26(36)31(28)30)19-6-4-3-5-7-19/h3-13,16,22,30H,14-15,35H2,1-2H3. The zero-order valence-electron chi connectivity index (χ0n) is 22.1. The minimum absolute atomic E-state index is 0.0123. The summed E-state index contributed by atoms with van der Waals surface area (Å²) in [5.41, 5.74) is 10.6. The van der Waals surface area contributed by atoms with E-state index in [-0.39, 0.29) is 23.2 Å². The molecule has 2 aliphatic rings. The van der Waals surface area contributed by atoms with Crippen LogP contribution in [0.2, 0.25) is 0 Å². The quantitative estimate of drug-likeness (QED) is 0.322. The number of carbonyl (C=O) groups is 1. The van der Waals surface area contributed by atoms with Gasteiger partial charge in [-0.1, -0.05) is 54.6 Å². The van der Waals surface area contributed by atoms with E-state index in [1.54, 1.807) is 13.2 Å². The lowest BCUT2D eigenvalue weighted by atomic mass is 9.73. The summed E-state index contributed by atoms with van der Waals surface area (Å²) >= 11 is 0. The van der Waals surface area contributed by atoms with Crippen LogP contribution in [0.25, 0.3) is 22.1 Å². The van der Waals surface area contributed by atoms with E-state index in [2.05, 4.69) is 6.07 Å². The number of rotatable bonds is 4. The van der Waals surface area contributed by atoms with E-state index in [1.807, 2.05) is 73.7 Å². The van der Waals surface area contributed by atoms with Crippen LogP contribution in [0.5, 0.6) is 5.75 Å². The topological polar surface area (TPSA) is 116 Å². The normalized spacial score (nSPS) is 18.8. The van der Waals surface area contributed by atoms with Gasteiger partial charge in [0.2, 0.25) is 5.88 Å². The Morgan fingerprint density at radius 1 is 0.975 bits per heavy atom. The fourth-order valence-electron chi connectivity index (χ4n) is 5.84. The highest BCUT2D eigenvalue weighted by Gasteiger charge is 2.40. The number of hydrogen-bond acceptors (Lipinski definition) is 7. The maximum atomic E-state index is 13.5. The molecule has 7 heteroatoms. The SMILES string of the molecule is COc1ccc2c(C)c(-c3ccc(C4C(C#N)=C(N)OC5=C4C(=O)CC(c4ccccc4)C5)cc3)c(=O)oc2c1. The summed E-state index contributed by atoms with van der Waals surface area (Å²) in [5, 5.41) is 10.8. The van der Waals surface area contributed by atoms with Crippen molar-refractivity contribution in [1.29, 1.82) is 5.26 Å². The molecule has 0 bridgehead atoms. The van der Waals surface area contributed by atoms with Crippen LogP contribution in [-0.4, -0.2) is 12.9 Å². The van der Waals surface area contributed by atoms with Crippen LogP contribution in [-0.2, 0) is 9.53 Å². The van der Waals surface area contributed by atoms with Gasteiger partial charge in [-0.05, 0) is 47.2 Å². The van der Waals surface area contributed by atoms with E-state index in [1.165, 1.54) is 0 Å². The van der Waals surface area contributed by atoms with E-state index < -0.39 is 11.5 Å². The van der Waals surface area contributed by atoms with Crippen molar-refractivity contribution >= 4 is 16.8 Å². The third-order valence-corrected chi connectivity index (χ3v) is 7.84. The number of allylic oxidation sites excluding steroid dienone is 3. The van der Waals surface area contributed by atoms with E-state index in [9.17, 15) is 14.9 Å². The first-order chi connectivity index (χ1) is 19.4. The molecule has 0 amide bonds. The molecular weight excluding hydrogens is 504 g/mol. The number of nitrogens with two attached hydrogens (primary N) is 1. The first kappa shape index (κ1) is 25.2. The molecule has 6 rings (SSSR count). The Hall–Kier alpha value is -5.09. The lowest BCUT2D eigenvalue weighted by molar-refractivity contribution is -0.117. The Morgan fingerprint density at radius 2 is 1.73 bits per heavy atom. The number of carbonyl (C=O) groups excluding carboxylic acids is 1. The number of ether oxygens (including phenoxy) is 2. The number of fused-ring (bicyclic) bond motifs is 1. The monoisotopic (exact) mass is 530 g/mol. The Morgan fingerprint density at radius 3 is 2.42 bits per heavy atom. The average molecular weight is 531 g/mol. The minimum atomic E-state index is -0.645. The highest BCUT2D eigenvalue weighted by molar-refractivity contribution is 6.00. The molecule has 0 fully saturated rings. The molecule has 4 aromatic rings. The van der Waals surface area contributed by atoms with Crippen molar-refractivity contribution in [3.63, 3.8) is 0 Å². The van der Waals surface area contributed by atoms with Crippen LogP contribution in [0.4, 0.5) is 0 Å². The zero-order chi connectivity index (χ0) is 28.0. The van der Waals surface area contributed by atoms with Crippen LogP contribution >= 0.6 is 0 Å². The number of methoxy groups -OCH3 is 1. The van der Waals surface area contributed by atoms with Crippen molar-refractivity contribution in [3.05, 3.63) is 123 Å². The molecule has 2 N–H and O–H groups in total. The van der Waals surface area contributed by atoms with Gasteiger partial charge in [-0.3, -0.25) is 4.79 Å². The number of nitrogens with zero attached hydrogens (tertiary/aromatic N) is 1. The van der Waals surface area contributed by atoms with Gasteiger partial charge in [0.1, 0.15) is 28.7 Å². The summed E-state index contributed by atoms with van der Waals surface area (Å²) in [5.74, 6) is 0.391. The molecule has 0 saturated carbocycles. The van der Waals surface area contributed by atoms with E-state index >= 15 is 0 Å². The van der Waals surface area contributed by atoms with Crippen LogP contribution in [0.15, 0.2) is 105 Å². The maximum Gasteiger partial charge on any atom is 0.344 e. The van der Waals surface area contributed by atoms with Gasteiger partial charge in [-0.15, -0.1) is 0 Å². The number of benzene rings is 3. The Labute approximate surface area is 230 Å². The molecule has 1 aromatic heterocycles. The van der Waals surface area contributed by atoms with Gasteiger partial charge in [0.05, 0.1) is 18.6 Å². The summed E-state index contributed by atoms with van der Waals surface area (Å²) in [6, 6.07) is 24.7. The van der Waals surface area contributed by atoms with Gasteiger partial charge in [0.25, 0.3) is 0 Å². The Bertz CT molecular complexity index is 1830. The van der Waals surface area contributed by atoms with Gasteiger partial charge in [0.15, 0.2) is 5.78 Å².